The van der Waals surface area contributed by atoms with Gasteiger partial charge in [-0.1, -0.05) is 18.2 Å². The molecule has 1 aromatic heterocycles. The number of fused-ring (bicyclic) bond motifs is 1. The molecule has 0 radical (unpaired) electrons. The van der Waals surface area contributed by atoms with Crippen LogP contribution < -0.4 is 9.47 Å². The van der Waals surface area contributed by atoms with Crippen LogP contribution in [0.25, 0.3) is 10.9 Å². The van der Waals surface area contributed by atoms with E-state index in [1.807, 2.05) is 38.1 Å². The second-order valence-corrected chi connectivity index (χ2v) is 6.49. The number of Topliss-reactive ketones (excluding diaryl/α,β-unsaturated/α-hetero) is 2. The van der Waals surface area contributed by atoms with Crippen molar-refractivity contribution in [1.82, 2.24) is 4.98 Å². The third-order valence-corrected chi connectivity index (χ3v) is 4.62. The molecule has 1 unspecified atom stereocenters. The number of nitriles is 1. The van der Waals surface area contributed by atoms with Gasteiger partial charge in [0.2, 0.25) is 0 Å². The van der Waals surface area contributed by atoms with Gasteiger partial charge in [-0.15, -0.1) is 0 Å². The minimum absolute atomic E-state index is 0.231. The summed E-state index contributed by atoms with van der Waals surface area (Å²) in [4.78, 5) is 29.3. The molecule has 0 aliphatic heterocycles. The Labute approximate surface area is 169 Å². The van der Waals surface area contributed by atoms with Gasteiger partial charge in [-0.3, -0.25) is 9.59 Å². The standard InChI is InChI=1S/C23H22N2O4/c1-4-28-19-11-10-15(12-20(19)29-5-2)22(26)17(13-24)23(27)21-14(3)25-18-9-7-6-8-16(18)21/h6-12,17,25H,4-5H2,1-3H3. The number of benzene rings is 2. The third kappa shape index (κ3) is 3.85. The minimum atomic E-state index is -1.44. The lowest BCUT2D eigenvalue weighted by molar-refractivity contribution is 0.0846. The molecule has 6 nitrogen and oxygen atoms in total. The number of aromatic amines is 1. The van der Waals surface area contributed by atoms with Crippen LogP contribution in [0.3, 0.4) is 0 Å². The number of rotatable bonds is 8. The summed E-state index contributed by atoms with van der Waals surface area (Å²) in [5, 5.41) is 10.3. The van der Waals surface area contributed by atoms with E-state index in [0.717, 1.165) is 5.52 Å². The largest absolute Gasteiger partial charge is 0.490 e. The quantitative estimate of drug-likeness (QED) is 0.452. The lowest BCUT2D eigenvalue weighted by Gasteiger charge is -2.13. The number of aryl methyl sites for hydroxylation is 1. The Morgan fingerprint density at radius 3 is 2.41 bits per heavy atom. The van der Waals surface area contributed by atoms with E-state index in [4.69, 9.17) is 9.47 Å². The van der Waals surface area contributed by atoms with Crippen LogP contribution in [-0.2, 0) is 0 Å². The number of para-hydroxylation sites is 1. The molecule has 0 aliphatic carbocycles. The van der Waals surface area contributed by atoms with Gasteiger partial charge in [-0.2, -0.15) is 5.26 Å². The van der Waals surface area contributed by atoms with Crippen molar-refractivity contribution in [3.05, 3.63) is 59.3 Å². The first-order chi connectivity index (χ1) is 14.0. The first-order valence-electron chi connectivity index (χ1n) is 9.46. The number of hydrogen-bond acceptors (Lipinski definition) is 5. The lowest BCUT2D eigenvalue weighted by Crippen LogP contribution is -2.23. The van der Waals surface area contributed by atoms with Crippen molar-refractivity contribution < 1.29 is 19.1 Å². The van der Waals surface area contributed by atoms with Crippen LogP contribution in [0.4, 0.5) is 0 Å². The van der Waals surface area contributed by atoms with Crippen molar-refractivity contribution in [2.45, 2.75) is 20.8 Å². The lowest BCUT2D eigenvalue weighted by atomic mass is 9.90. The second kappa shape index (κ2) is 8.61. The van der Waals surface area contributed by atoms with Gasteiger partial charge in [0.05, 0.1) is 19.3 Å². The van der Waals surface area contributed by atoms with E-state index in [2.05, 4.69) is 4.98 Å². The van der Waals surface area contributed by atoms with Crippen molar-refractivity contribution in [3.63, 3.8) is 0 Å². The predicted molar refractivity (Wildman–Crippen MR) is 110 cm³/mol. The zero-order valence-corrected chi connectivity index (χ0v) is 16.6. The van der Waals surface area contributed by atoms with E-state index in [9.17, 15) is 14.9 Å². The first kappa shape index (κ1) is 20.2. The molecule has 2 aromatic carbocycles. The van der Waals surface area contributed by atoms with Gasteiger partial charge in [0.25, 0.3) is 0 Å². The van der Waals surface area contributed by atoms with Crippen LogP contribution in [0.1, 0.15) is 40.3 Å². The molecule has 0 saturated carbocycles. The van der Waals surface area contributed by atoms with Gasteiger partial charge in [-0.25, -0.2) is 0 Å². The average Bonchev–Trinajstić information content (AvgIpc) is 3.05. The Morgan fingerprint density at radius 2 is 1.72 bits per heavy atom. The maximum Gasteiger partial charge on any atom is 0.190 e. The molecule has 148 valence electrons. The molecule has 0 amide bonds. The number of hydrogen-bond donors (Lipinski definition) is 1. The number of nitrogens with one attached hydrogen (secondary N) is 1. The highest BCUT2D eigenvalue weighted by Crippen LogP contribution is 2.31. The third-order valence-electron chi connectivity index (χ3n) is 4.62. The van der Waals surface area contributed by atoms with Gasteiger partial charge >= 0.3 is 0 Å². The monoisotopic (exact) mass is 390 g/mol. The maximum atomic E-state index is 13.1. The Bertz CT molecular complexity index is 1110. The average molecular weight is 390 g/mol. The molecule has 6 heteroatoms. The molecule has 3 aromatic rings. The van der Waals surface area contributed by atoms with Gasteiger partial charge in [0, 0.05) is 27.7 Å². The fraction of sp³-hybridized carbons (Fsp3) is 0.261. The molecule has 0 bridgehead atoms. The molecule has 0 spiro atoms. The van der Waals surface area contributed by atoms with Crippen LogP contribution in [0.2, 0.25) is 0 Å². The molecule has 3 rings (SSSR count). The van der Waals surface area contributed by atoms with Gasteiger partial charge in [0.15, 0.2) is 29.0 Å². The molecule has 0 aliphatic rings. The highest BCUT2D eigenvalue weighted by atomic mass is 16.5. The SMILES string of the molecule is CCOc1ccc(C(=O)C(C#N)C(=O)c2c(C)[nH]c3ccccc23)cc1OCC. The van der Waals surface area contributed by atoms with Crippen molar-refractivity contribution in [1.29, 1.82) is 5.26 Å². The summed E-state index contributed by atoms with van der Waals surface area (Å²) in [5.41, 5.74) is 2.02. The van der Waals surface area contributed by atoms with E-state index in [1.54, 1.807) is 25.1 Å². The first-order valence-corrected chi connectivity index (χ1v) is 9.46. The van der Waals surface area contributed by atoms with Crippen LogP contribution >= 0.6 is 0 Å². The summed E-state index contributed by atoms with van der Waals surface area (Å²) in [7, 11) is 0. The Hall–Kier alpha value is -3.59. The number of H-pyrrole nitrogens is 1. The number of ketones is 2. The van der Waals surface area contributed by atoms with Crippen LogP contribution in [-0.4, -0.2) is 29.8 Å². The molecule has 0 saturated heterocycles. The summed E-state index contributed by atoms with van der Waals surface area (Å²) >= 11 is 0. The maximum absolute atomic E-state index is 13.1. The molecule has 1 N–H and O–H groups in total. The number of aromatic nitrogens is 1. The predicted octanol–water partition coefficient (Wildman–Crippen LogP) is 4.48. The second-order valence-electron chi connectivity index (χ2n) is 6.49. The highest BCUT2D eigenvalue weighted by molar-refractivity contribution is 6.22. The van der Waals surface area contributed by atoms with Crippen LogP contribution in [0.5, 0.6) is 11.5 Å². The smallest absolute Gasteiger partial charge is 0.190 e. The molecule has 29 heavy (non-hydrogen) atoms. The van der Waals surface area contributed by atoms with E-state index in [1.165, 1.54) is 6.07 Å². The number of carbonyl (C=O) groups excluding carboxylic acids is 2. The Balaban J connectivity index is 1.98. The van der Waals surface area contributed by atoms with Gasteiger partial charge < -0.3 is 14.5 Å². The van der Waals surface area contributed by atoms with Crippen molar-refractivity contribution in [2.24, 2.45) is 5.92 Å². The van der Waals surface area contributed by atoms with E-state index < -0.39 is 17.5 Å². The van der Waals surface area contributed by atoms with Crippen LogP contribution in [0.15, 0.2) is 42.5 Å². The normalized spacial score (nSPS) is 11.7. The molecule has 1 atom stereocenters. The van der Waals surface area contributed by atoms with E-state index >= 15 is 0 Å². The summed E-state index contributed by atoms with van der Waals surface area (Å²) < 4.78 is 11.1. The van der Waals surface area contributed by atoms with Gasteiger partial charge in [-0.05, 0) is 45.0 Å². The number of ether oxygens (including phenoxy) is 2. The van der Waals surface area contributed by atoms with Crippen molar-refractivity contribution in [3.8, 4) is 17.6 Å². The van der Waals surface area contributed by atoms with E-state index in [-0.39, 0.29) is 5.56 Å². The van der Waals surface area contributed by atoms with Crippen molar-refractivity contribution >= 4 is 22.5 Å². The number of nitrogens with zero attached hydrogens (tertiary/aromatic N) is 1. The van der Waals surface area contributed by atoms with Crippen molar-refractivity contribution in [2.75, 3.05) is 13.2 Å². The van der Waals surface area contributed by atoms with E-state index in [0.29, 0.717) is 41.4 Å². The highest BCUT2D eigenvalue weighted by Gasteiger charge is 2.31. The molecular weight excluding hydrogens is 368 g/mol. The summed E-state index contributed by atoms with van der Waals surface area (Å²) in [6.45, 7) is 6.28. The zero-order valence-electron chi connectivity index (χ0n) is 16.6. The van der Waals surface area contributed by atoms with Gasteiger partial charge in [0.1, 0.15) is 0 Å². The molecule has 0 fully saturated rings. The molecule has 1 heterocycles. The molecular formula is C23H22N2O4. The van der Waals surface area contributed by atoms with Crippen LogP contribution in [0, 0.1) is 24.2 Å². The number of carbonyl (C=O) groups is 2. The minimum Gasteiger partial charge on any atom is -0.490 e. The summed E-state index contributed by atoms with van der Waals surface area (Å²) in [5.74, 6) is -1.60. The Morgan fingerprint density at radius 1 is 1.03 bits per heavy atom. The zero-order chi connectivity index (χ0) is 21.0. The fourth-order valence-electron chi connectivity index (χ4n) is 3.35. The summed E-state index contributed by atoms with van der Waals surface area (Å²) in [6, 6.07) is 13.9. The summed E-state index contributed by atoms with van der Waals surface area (Å²) in [6.07, 6.45) is 0. The topological polar surface area (TPSA) is 92.2 Å². The fourth-order valence-corrected chi connectivity index (χ4v) is 3.35. The Kier molecular flexibility index (Phi) is 5.99.